The van der Waals surface area contributed by atoms with Gasteiger partial charge in [0, 0.05) is 34.3 Å². The van der Waals surface area contributed by atoms with Crippen LogP contribution in [0.2, 0.25) is 0 Å². The monoisotopic (exact) mass is 744 g/mol. The van der Waals surface area contributed by atoms with Gasteiger partial charge in [0.1, 0.15) is 29.4 Å². The van der Waals surface area contributed by atoms with Crippen LogP contribution in [-0.4, -0.2) is 21.6 Å². The van der Waals surface area contributed by atoms with Crippen molar-refractivity contribution in [3.05, 3.63) is 167 Å². The third-order valence-corrected chi connectivity index (χ3v) is 7.91. The molecule has 0 saturated carbocycles. The van der Waals surface area contributed by atoms with Crippen molar-refractivity contribution < 1.29 is 45.1 Å². The van der Waals surface area contributed by atoms with Gasteiger partial charge in [-0.15, -0.1) is 0 Å². The van der Waals surface area contributed by atoms with E-state index in [2.05, 4.69) is 15.7 Å². The maximum Gasteiger partial charge on any atom is 0.416 e. The predicted molar refractivity (Wildman–Crippen MR) is 188 cm³/mol. The fourth-order valence-electron chi connectivity index (χ4n) is 5.27. The van der Waals surface area contributed by atoms with Gasteiger partial charge in [0.2, 0.25) is 0 Å². The molecule has 1 aromatic heterocycles. The minimum atomic E-state index is -4.74. The molecule has 7 nitrogen and oxygen atoms in total. The first kappa shape index (κ1) is 37.1. The lowest BCUT2D eigenvalue weighted by atomic mass is 10.0. The molecule has 2 amide bonds. The smallest absolute Gasteiger partial charge is 0.416 e. The molecule has 5 aromatic carbocycles. The van der Waals surface area contributed by atoms with Crippen LogP contribution in [0.15, 0.2) is 139 Å². The van der Waals surface area contributed by atoms with Crippen LogP contribution in [0.25, 0.3) is 23.0 Å². The van der Waals surface area contributed by atoms with Crippen LogP contribution in [0.4, 0.5) is 42.1 Å². The van der Waals surface area contributed by atoms with Crippen molar-refractivity contribution >= 4 is 29.3 Å². The first-order chi connectivity index (χ1) is 25.7. The van der Waals surface area contributed by atoms with E-state index in [1.807, 2.05) is 0 Å². The highest BCUT2D eigenvalue weighted by molar-refractivity contribution is 6.29. The van der Waals surface area contributed by atoms with Gasteiger partial charge in [0.05, 0.1) is 16.8 Å². The minimum Gasteiger partial charge on any atom is -0.489 e. The zero-order valence-electron chi connectivity index (χ0n) is 27.8. The highest BCUT2D eigenvalue weighted by Gasteiger charge is 2.32. The summed E-state index contributed by atoms with van der Waals surface area (Å²) >= 11 is 0. The molecular formula is C40H27F7N4O3. The van der Waals surface area contributed by atoms with Crippen LogP contribution in [0.5, 0.6) is 5.75 Å². The number of hydrogen-bond acceptors (Lipinski definition) is 4. The van der Waals surface area contributed by atoms with Crippen molar-refractivity contribution in [2.75, 3.05) is 10.6 Å². The van der Waals surface area contributed by atoms with E-state index >= 15 is 0 Å². The van der Waals surface area contributed by atoms with Crippen molar-refractivity contribution in [1.82, 2.24) is 9.78 Å². The summed E-state index contributed by atoms with van der Waals surface area (Å²) in [4.78, 5) is 27.6. The number of hydrogen-bond donors (Lipinski definition) is 2. The van der Waals surface area contributed by atoms with Crippen LogP contribution in [0.3, 0.4) is 0 Å². The van der Waals surface area contributed by atoms with E-state index in [0.717, 1.165) is 30.3 Å². The van der Waals surface area contributed by atoms with E-state index in [-0.39, 0.29) is 29.2 Å². The Balaban J connectivity index is 1.43. The lowest BCUT2D eigenvalue weighted by Gasteiger charge is -2.13. The second kappa shape index (κ2) is 15.5. The maximum atomic E-state index is 14.3. The third kappa shape index (κ3) is 9.02. The standard InChI is InChI=1S/C40H27F7N4O3/c41-35-18-5-4-9-26(35)24-54-33-17-6-10-25(19-33)36-27(23-51(50-36)32-15-2-1-3-16-32)20-34(37(52)48-30-13-7-11-28(21-30)39(42,43)44)38(53)49-31-14-8-12-29(22-31)40(45,46)47/h1-23H,24H2,(H,48,52)(H,49,53). The summed E-state index contributed by atoms with van der Waals surface area (Å²) in [6.07, 6.45) is -6.86. The van der Waals surface area contributed by atoms with E-state index < -0.39 is 46.7 Å². The molecule has 0 fully saturated rings. The van der Waals surface area contributed by atoms with Crippen molar-refractivity contribution in [2.45, 2.75) is 19.0 Å². The molecule has 274 valence electrons. The normalized spacial score (nSPS) is 11.5. The lowest BCUT2D eigenvalue weighted by molar-refractivity contribution is -0.138. The number of anilines is 2. The predicted octanol–water partition coefficient (Wildman–Crippen LogP) is 9.96. The van der Waals surface area contributed by atoms with Gasteiger partial charge >= 0.3 is 12.4 Å². The molecule has 14 heteroatoms. The van der Waals surface area contributed by atoms with Gasteiger partial charge in [0.25, 0.3) is 11.8 Å². The van der Waals surface area contributed by atoms with Crippen LogP contribution < -0.4 is 15.4 Å². The van der Waals surface area contributed by atoms with Crippen molar-refractivity contribution in [3.63, 3.8) is 0 Å². The van der Waals surface area contributed by atoms with Crippen LogP contribution in [-0.2, 0) is 28.5 Å². The Morgan fingerprint density at radius 2 is 1.26 bits per heavy atom. The number of aromatic nitrogens is 2. The molecule has 0 spiro atoms. The average molecular weight is 745 g/mol. The minimum absolute atomic E-state index is 0.100. The summed E-state index contributed by atoms with van der Waals surface area (Å²) in [7, 11) is 0. The van der Waals surface area contributed by atoms with Gasteiger partial charge in [-0.2, -0.15) is 31.4 Å². The molecule has 2 N–H and O–H groups in total. The number of para-hydroxylation sites is 1. The Hall–Kier alpha value is -6.70. The summed E-state index contributed by atoms with van der Waals surface area (Å²) in [5.74, 6) is -2.47. The summed E-state index contributed by atoms with van der Waals surface area (Å²) in [6.45, 7) is -0.100. The number of nitrogens with one attached hydrogen (secondary N) is 2. The number of amides is 2. The first-order valence-corrected chi connectivity index (χ1v) is 16.1. The molecule has 0 aliphatic rings. The SMILES string of the molecule is O=C(Nc1cccc(C(F)(F)F)c1)C(=Cc1cn(-c2ccccc2)nc1-c1cccc(OCc2ccccc2F)c1)C(=O)Nc1cccc(C(F)(F)F)c1. The Morgan fingerprint density at radius 1 is 0.685 bits per heavy atom. The van der Waals surface area contributed by atoms with Crippen molar-refractivity contribution in [3.8, 4) is 22.7 Å². The van der Waals surface area contributed by atoms with Crippen molar-refractivity contribution in [1.29, 1.82) is 0 Å². The summed E-state index contributed by atoms with van der Waals surface area (Å²) in [6, 6.07) is 28.8. The molecular weight excluding hydrogens is 717 g/mol. The Morgan fingerprint density at radius 3 is 1.85 bits per heavy atom. The number of benzene rings is 5. The molecule has 0 aliphatic carbocycles. The second-order valence-corrected chi connectivity index (χ2v) is 11.7. The van der Waals surface area contributed by atoms with E-state index in [0.29, 0.717) is 34.7 Å². The number of carbonyl (C=O) groups excluding carboxylic acids is 2. The molecule has 54 heavy (non-hydrogen) atoms. The lowest BCUT2D eigenvalue weighted by Crippen LogP contribution is -2.25. The molecule has 0 saturated heterocycles. The van der Waals surface area contributed by atoms with E-state index in [9.17, 15) is 40.3 Å². The van der Waals surface area contributed by atoms with Gasteiger partial charge < -0.3 is 15.4 Å². The summed E-state index contributed by atoms with van der Waals surface area (Å²) in [5.41, 5.74) is -1.71. The molecule has 0 unspecified atom stereocenters. The largest absolute Gasteiger partial charge is 0.489 e. The topological polar surface area (TPSA) is 85.2 Å². The summed E-state index contributed by atoms with van der Waals surface area (Å²) < 4.78 is 102. The zero-order valence-corrected chi connectivity index (χ0v) is 27.8. The van der Waals surface area contributed by atoms with Crippen molar-refractivity contribution in [2.24, 2.45) is 0 Å². The number of carbonyl (C=O) groups is 2. The maximum absolute atomic E-state index is 14.3. The average Bonchev–Trinajstić information content (AvgIpc) is 3.57. The molecule has 0 radical (unpaired) electrons. The number of nitrogens with zero attached hydrogens (tertiary/aromatic N) is 2. The van der Waals surface area contributed by atoms with Crippen LogP contribution >= 0.6 is 0 Å². The summed E-state index contributed by atoms with van der Waals surface area (Å²) in [5, 5.41) is 9.27. The van der Waals surface area contributed by atoms with E-state index in [4.69, 9.17) is 4.74 Å². The fraction of sp³-hybridized carbons (Fsp3) is 0.0750. The number of alkyl halides is 6. The van der Waals surface area contributed by atoms with Gasteiger partial charge in [-0.1, -0.05) is 60.7 Å². The molecule has 0 bridgehead atoms. The van der Waals surface area contributed by atoms with Gasteiger partial charge in [0.15, 0.2) is 0 Å². The molecule has 6 aromatic rings. The number of rotatable bonds is 10. The first-order valence-electron chi connectivity index (χ1n) is 16.1. The molecule has 6 rings (SSSR count). The highest BCUT2D eigenvalue weighted by atomic mass is 19.4. The molecule has 0 atom stereocenters. The molecule has 1 heterocycles. The Labute approximate surface area is 303 Å². The van der Waals surface area contributed by atoms with Crippen LogP contribution in [0, 0.1) is 5.82 Å². The van der Waals surface area contributed by atoms with Crippen LogP contribution in [0.1, 0.15) is 22.3 Å². The molecule has 0 aliphatic heterocycles. The Kier molecular flexibility index (Phi) is 10.6. The zero-order chi connectivity index (χ0) is 38.5. The number of halogens is 7. The van der Waals surface area contributed by atoms with Gasteiger partial charge in [-0.05, 0) is 72.8 Å². The Bertz CT molecular complexity index is 2260. The van der Waals surface area contributed by atoms with E-state index in [1.165, 1.54) is 29.1 Å². The van der Waals surface area contributed by atoms with Gasteiger partial charge in [-0.25, -0.2) is 9.07 Å². The quantitative estimate of drug-likeness (QED) is 0.0633. The third-order valence-electron chi connectivity index (χ3n) is 7.91. The fourth-order valence-corrected chi connectivity index (χ4v) is 5.27. The van der Waals surface area contributed by atoms with Gasteiger partial charge in [-0.3, -0.25) is 9.59 Å². The second-order valence-electron chi connectivity index (χ2n) is 11.7. The highest BCUT2D eigenvalue weighted by Crippen LogP contribution is 2.33. The van der Waals surface area contributed by atoms with E-state index in [1.54, 1.807) is 72.8 Å². The number of ether oxygens (including phenoxy) is 1.